The summed E-state index contributed by atoms with van der Waals surface area (Å²) in [6.07, 6.45) is -3.54. The molecule has 2 aromatic heterocycles. The Hall–Kier alpha value is -1.86. The summed E-state index contributed by atoms with van der Waals surface area (Å²) in [6.45, 7) is 0. The van der Waals surface area contributed by atoms with Crippen LogP contribution in [0.1, 0.15) is 5.69 Å². The fourth-order valence-corrected chi connectivity index (χ4v) is 0.971. The van der Waals surface area contributed by atoms with Crippen LogP contribution in [-0.4, -0.2) is 19.6 Å². The number of nitrogens with zero attached hydrogens (tertiary/aromatic N) is 3. The topological polar surface area (TPSA) is 63.0 Å². The number of fused-ring (bicyclic) bond motifs is 1. The lowest BCUT2D eigenvalue weighted by atomic mass is 10.4. The number of hydrogen-bond acceptors (Lipinski definition) is 3. The van der Waals surface area contributed by atoms with E-state index < -0.39 is 17.4 Å². The highest BCUT2D eigenvalue weighted by Crippen LogP contribution is 2.26. The average molecular weight is 204 g/mol. The minimum atomic E-state index is -4.63. The van der Waals surface area contributed by atoms with E-state index in [1.165, 1.54) is 0 Å². The van der Waals surface area contributed by atoms with E-state index in [0.717, 1.165) is 10.8 Å². The first kappa shape index (κ1) is 8.73. The van der Waals surface area contributed by atoms with Gasteiger partial charge in [-0.25, -0.2) is 4.98 Å². The molecule has 5 nitrogen and oxygen atoms in total. The zero-order valence-corrected chi connectivity index (χ0v) is 6.54. The van der Waals surface area contributed by atoms with Gasteiger partial charge in [0, 0.05) is 6.07 Å². The number of halogens is 3. The summed E-state index contributed by atoms with van der Waals surface area (Å²) in [5.74, 6) is -0.232. The van der Waals surface area contributed by atoms with Gasteiger partial charge in [-0.1, -0.05) is 0 Å². The lowest BCUT2D eigenvalue weighted by molar-refractivity contribution is -0.141. The van der Waals surface area contributed by atoms with E-state index in [2.05, 4.69) is 15.1 Å². The molecule has 0 fully saturated rings. The number of nitrogens with one attached hydrogen (secondary N) is 1. The fourth-order valence-electron chi connectivity index (χ4n) is 0.971. The molecule has 1 N–H and O–H groups in total. The molecule has 14 heavy (non-hydrogen) atoms. The molecule has 8 heteroatoms. The number of aromatic nitrogens is 4. The van der Waals surface area contributed by atoms with Gasteiger partial charge in [0.05, 0.1) is 0 Å². The zero-order valence-electron chi connectivity index (χ0n) is 6.54. The standard InChI is InChI=1S/C6H3F3N4O/c7-6(8,9)3-1-4(14)13-5(12-3)10-2-11-13/h1-2H,(H,10,11,12). The Morgan fingerprint density at radius 1 is 1.43 bits per heavy atom. The molecular formula is C6H3F3N4O. The maximum absolute atomic E-state index is 12.2. The summed E-state index contributed by atoms with van der Waals surface area (Å²) >= 11 is 0. The average Bonchev–Trinajstić information content (AvgIpc) is 2.50. The lowest BCUT2D eigenvalue weighted by Crippen LogP contribution is -2.19. The third-order valence-corrected chi connectivity index (χ3v) is 1.55. The third-order valence-electron chi connectivity index (χ3n) is 1.55. The molecule has 2 heterocycles. The number of rotatable bonds is 0. The lowest BCUT2D eigenvalue weighted by Gasteiger charge is -2.03. The van der Waals surface area contributed by atoms with Crippen molar-refractivity contribution in [3.05, 3.63) is 28.4 Å². The van der Waals surface area contributed by atoms with Gasteiger partial charge in [0.1, 0.15) is 6.33 Å². The van der Waals surface area contributed by atoms with Crippen molar-refractivity contribution >= 4 is 5.78 Å². The first-order chi connectivity index (χ1) is 6.48. The molecule has 0 aliphatic heterocycles. The summed E-state index contributed by atoms with van der Waals surface area (Å²) < 4.78 is 37.2. The Labute approximate surface area is 74.2 Å². The van der Waals surface area contributed by atoms with Crippen LogP contribution in [-0.2, 0) is 6.18 Å². The number of aromatic amines is 1. The quantitative estimate of drug-likeness (QED) is 0.677. The molecule has 2 rings (SSSR count). The second kappa shape index (κ2) is 2.56. The molecule has 0 spiro atoms. The maximum Gasteiger partial charge on any atom is 0.433 e. The van der Waals surface area contributed by atoms with Crippen LogP contribution in [0.3, 0.4) is 0 Å². The van der Waals surface area contributed by atoms with Crippen LogP contribution >= 0.6 is 0 Å². The van der Waals surface area contributed by atoms with Crippen molar-refractivity contribution in [2.75, 3.05) is 0 Å². The van der Waals surface area contributed by atoms with E-state index in [0.29, 0.717) is 6.07 Å². The summed E-state index contributed by atoms with van der Waals surface area (Å²) in [4.78, 5) is 16.5. The van der Waals surface area contributed by atoms with Gasteiger partial charge < -0.3 is 4.98 Å². The van der Waals surface area contributed by atoms with Gasteiger partial charge in [-0.05, 0) is 0 Å². The summed E-state index contributed by atoms with van der Waals surface area (Å²) in [5, 5.41) is 3.46. The van der Waals surface area contributed by atoms with Gasteiger partial charge in [0.2, 0.25) is 5.78 Å². The Kier molecular flexibility index (Phi) is 1.60. The maximum atomic E-state index is 12.2. The molecule has 0 aromatic carbocycles. The first-order valence-electron chi connectivity index (χ1n) is 3.49. The van der Waals surface area contributed by atoms with Crippen LogP contribution in [0.4, 0.5) is 13.2 Å². The highest BCUT2D eigenvalue weighted by atomic mass is 19.4. The fraction of sp³-hybridized carbons (Fsp3) is 0.167. The number of H-pyrrole nitrogens is 1. The molecule has 0 amide bonds. The van der Waals surface area contributed by atoms with Crippen LogP contribution in [0.5, 0.6) is 0 Å². The van der Waals surface area contributed by atoms with E-state index in [4.69, 9.17) is 0 Å². The summed E-state index contributed by atoms with van der Waals surface area (Å²) in [6, 6.07) is 0.397. The Morgan fingerprint density at radius 3 is 2.79 bits per heavy atom. The van der Waals surface area contributed by atoms with E-state index >= 15 is 0 Å². The molecule has 2 aromatic rings. The molecule has 0 aliphatic carbocycles. The first-order valence-corrected chi connectivity index (χ1v) is 3.49. The zero-order chi connectivity index (χ0) is 10.3. The Balaban J connectivity index is 2.77. The van der Waals surface area contributed by atoms with Gasteiger partial charge >= 0.3 is 6.18 Å². The molecule has 0 atom stereocenters. The van der Waals surface area contributed by atoms with E-state index in [-0.39, 0.29) is 5.78 Å². The van der Waals surface area contributed by atoms with Crippen molar-refractivity contribution in [2.24, 2.45) is 0 Å². The Morgan fingerprint density at radius 2 is 2.14 bits per heavy atom. The third kappa shape index (κ3) is 1.24. The monoisotopic (exact) mass is 204 g/mol. The van der Waals surface area contributed by atoms with E-state index in [1.807, 2.05) is 0 Å². The van der Waals surface area contributed by atoms with Crippen LogP contribution in [0, 0.1) is 0 Å². The smallest absolute Gasteiger partial charge is 0.313 e. The Bertz CT molecular complexity index is 526. The van der Waals surface area contributed by atoms with Gasteiger partial charge in [-0.3, -0.25) is 4.79 Å². The van der Waals surface area contributed by atoms with Gasteiger partial charge in [0.15, 0.2) is 5.69 Å². The second-order valence-corrected chi connectivity index (χ2v) is 2.50. The van der Waals surface area contributed by atoms with Crippen molar-refractivity contribution in [1.29, 1.82) is 0 Å². The normalized spacial score (nSPS) is 12.2. The predicted molar refractivity (Wildman–Crippen MR) is 38.6 cm³/mol. The van der Waals surface area contributed by atoms with Crippen LogP contribution < -0.4 is 5.56 Å². The van der Waals surface area contributed by atoms with Crippen molar-refractivity contribution in [2.45, 2.75) is 6.18 Å². The van der Waals surface area contributed by atoms with E-state index in [1.54, 1.807) is 0 Å². The molecule has 0 bridgehead atoms. The number of alkyl halides is 3. The van der Waals surface area contributed by atoms with Crippen LogP contribution in [0.25, 0.3) is 5.78 Å². The second-order valence-electron chi connectivity index (χ2n) is 2.50. The summed E-state index contributed by atoms with van der Waals surface area (Å²) in [7, 11) is 0. The number of hydrogen-bond donors (Lipinski definition) is 1. The van der Waals surface area contributed by atoms with Crippen molar-refractivity contribution in [3.8, 4) is 0 Å². The largest absolute Gasteiger partial charge is 0.433 e. The molecule has 0 unspecified atom stereocenters. The van der Waals surface area contributed by atoms with Gasteiger partial charge in [0.25, 0.3) is 5.56 Å². The van der Waals surface area contributed by atoms with Crippen molar-refractivity contribution in [3.63, 3.8) is 0 Å². The predicted octanol–water partition coefficient (Wildman–Crippen LogP) is 0.436. The molecule has 0 saturated carbocycles. The van der Waals surface area contributed by atoms with Gasteiger partial charge in [-0.2, -0.15) is 22.8 Å². The van der Waals surface area contributed by atoms with Crippen molar-refractivity contribution < 1.29 is 13.2 Å². The van der Waals surface area contributed by atoms with Crippen LogP contribution in [0.2, 0.25) is 0 Å². The van der Waals surface area contributed by atoms with Crippen molar-refractivity contribution in [1.82, 2.24) is 19.6 Å². The van der Waals surface area contributed by atoms with E-state index in [9.17, 15) is 18.0 Å². The SMILES string of the molecule is O=c1cc(C(F)(F)F)nc2[nH]cnn12. The van der Waals surface area contributed by atoms with Crippen LogP contribution in [0.15, 0.2) is 17.2 Å². The highest BCUT2D eigenvalue weighted by Gasteiger charge is 2.33. The van der Waals surface area contributed by atoms with Gasteiger partial charge in [-0.15, -0.1) is 0 Å². The summed E-state index contributed by atoms with van der Waals surface area (Å²) in [5.41, 5.74) is -2.10. The molecule has 0 radical (unpaired) electrons. The molecular weight excluding hydrogens is 201 g/mol. The molecule has 74 valence electrons. The molecule has 0 aliphatic rings. The minimum absolute atomic E-state index is 0.232. The minimum Gasteiger partial charge on any atom is -0.313 e. The molecule has 0 saturated heterocycles. The highest BCUT2D eigenvalue weighted by molar-refractivity contribution is 5.26.